The summed E-state index contributed by atoms with van der Waals surface area (Å²) in [6.07, 6.45) is 53.7. The van der Waals surface area contributed by atoms with Crippen molar-refractivity contribution in [3.8, 4) is 0 Å². The first-order chi connectivity index (χ1) is 37.9. The molecule has 0 bridgehead atoms. The maximum atomic E-state index is 12.7. The third kappa shape index (κ3) is 51.3. The molecule has 2 atom stereocenters. The van der Waals surface area contributed by atoms with Crippen LogP contribution in [0.2, 0.25) is 0 Å². The van der Waals surface area contributed by atoms with Crippen LogP contribution in [0, 0.1) is 11.8 Å². The van der Waals surface area contributed by atoms with E-state index in [-0.39, 0.29) is 31.1 Å². The number of hydrogen-bond acceptors (Lipinski definition) is 10. The zero-order chi connectivity index (χ0) is 55.6. The van der Waals surface area contributed by atoms with Gasteiger partial charge in [-0.15, -0.1) is 0 Å². The lowest BCUT2D eigenvalue weighted by Crippen LogP contribution is -2.41. The van der Waals surface area contributed by atoms with Crippen molar-refractivity contribution in [3.63, 3.8) is 0 Å². The molecule has 2 unspecified atom stereocenters. The van der Waals surface area contributed by atoms with Gasteiger partial charge in [-0.25, -0.2) is 0 Å². The molecule has 0 amide bonds. The second-order valence-electron chi connectivity index (χ2n) is 23.6. The van der Waals surface area contributed by atoms with E-state index in [1.807, 2.05) is 0 Å². The molecule has 1 aliphatic heterocycles. The Bertz CT molecular complexity index is 1080. The van der Waals surface area contributed by atoms with Gasteiger partial charge < -0.3 is 38.4 Å². The van der Waals surface area contributed by atoms with Crippen LogP contribution in [0.1, 0.15) is 329 Å². The van der Waals surface area contributed by atoms with Crippen molar-refractivity contribution in [2.75, 3.05) is 65.9 Å². The second kappa shape index (κ2) is 59.3. The number of piperidine rings is 1. The molecule has 0 saturated carbocycles. The molecule has 77 heavy (non-hydrogen) atoms. The molecule has 458 valence electrons. The Morgan fingerprint density at radius 1 is 0.377 bits per heavy atom. The van der Waals surface area contributed by atoms with Crippen molar-refractivity contribution >= 4 is 11.9 Å². The van der Waals surface area contributed by atoms with Gasteiger partial charge in [0, 0.05) is 59.0 Å². The number of carbonyl (C=O) groups excluding carboxylic acids is 2. The van der Waals surface area contributed by atoms with Crippen LogP contribution in [-0.4, -0.2) is 100 Å². The highest BCUT2D eigenvalue weighted by Crippen LogP contribution is 2.30. The lowest BCUT2D eigenvalue weighted by atomic mass is 9.83. The van der Waals surface area contributed by atoms with Gasteiger partial charge >= 0.3 is 11.9 Å². The minimum absolute atomic E-state index is 0.128. The first-order valence-corrected chi connectivity index (χ1v) is 34.1. The van der Waals surface area contributed by atoms with Crippen molar-refractivity contribution in [1.82, 2.24) is 4.90 Å². The zero-order valence-electron chi connectivity index (χ0n) is 51.8. The van der Waals surface area contributed by atoms with E-state index < -0.39 is 0 Å². The summed E-state index contributed by atoms with van der Waals surface area (Å²) in [4.78, 5) is 28.1. The molecule has 1 aliphatic rings. The third-order valence-corrected chi connectivity index (χ3v) is 16.0. The Morgan fingerprint density at radius 2 is 0.662 bits per heavy atom. The average molecular weight is 1090 g/mol. The number of carbonyl (C=O) groups is 2. The molecule has 10 nitrogen and oxygen atoms in total. The molecule has 1 fully saturated rings. The smallest absolute Gasteiger partial charge is 0.305 e. The summed E-state index contributed by atoms with van der Waals surface area (Å²) in [5.41, 5.74) is 0. The third-order valence-electron chi connectivity index (χ3n) is 16.0. The van der Waals surface area contributed by atoms with Gasteiger partial charge in [-0.1, -0.05) is 233 Å². The Balaban J connectivity index is 2.32. The van der Waals surface area contributed by atoms with E-state index >= 15 is 0 Å². The molecule has 10 heteroatoms. The fourth-order valence-corrected chi connectivity index (χ4v) is 11.1. The standard InChI is InChI=1S/C67H131NO9/c1-5-9-13-17-21-29-41-55-74-66(75-56-42-30-22-18-14-10-6-2)49-47-64(70)72-53-39-33-25-27-35-45-62-59-63(61-68(60-62)51-37-38-52-69)46-36-28-26-34-40-54-73-65(71)48-50-67(76-57-43-31-23-19-15-11-7-3)77-58-44-32-24-20-16-12-8-4/h62-63,66-67,69H,5-61H2,1-4H3. The fourth-order valence-electron chi connectivity index (χ4n) is 11.1. The lowest BCUT2D eigenvalue weighted by Gasteiger charge is -2.38. The predicted octanol–water partition coefficient (Wildman–Crippen LogP) is 18.7. The van der Waals surface area contributed by atoms with E-state index in [0.717, 1.165) is 82.6 Å². The van der Waals surface area contributed by atoms with Crippen molar-refractivity contribution in [1.29, 1.82) is 0 Å². The molecule has 0 radical (unpaired) electrons. The number of rotatable bonds is 62. The number of aliphatic hydroxyl groups is 1. The van der Waals surface area contributed by atoms with Gasteiger partial charge in [-0.3, -0.25) is 9.59 Å². The Kier molecular flexibility index (Phi) is 56.8. The molecule has 0 aromatic rings. The van der Waals surface area contributed by atoms with E-state index in [4.69, 9.17) is 28.4 Å². The van der Waals surface area contributed by atoms with Crippen molar-refractivity contribution < 1.29 is 43.1 Å². The molecule has 1 rings (SSSR count). The molecule has 0 aromatic carbocycles. The number of nitrogens with zero attached hydrogens (tertiary/aromatic N) is 1. The van der Waals surface area contributed by atoms with Gasteiger partial charge in [0.25, 0.3) is 0 Å². The van der Waals surface area contributed by atoms with Crippen LogP contribution in [0.5, 0.6) is 0 Å². The van der Waals surface area contributed by atoms with Gasteiger partial charge in [0.1, 0.15) is 0 Å². The SMILES string of the molecule is CCCCCCCCCOC(CCC(=O)OCCCCCCCC1CC(CCCCCCCOC(=O)CCC(OCCCCCCCCC)OCCCCCCCCC)CN(CCCCO)C1)OCCCCCCCCC. The van der Waals surface area contributed by atoms with Crippen molar-refractivity contribution in [2.24, 2.45) is 11.8 Å². The predicted molar refractivity (Wildman–Crippen MR) is 324 cm³/mol. The number of ether oxygens (including phenoxy) is 6. The monoisotopic (exact) mass is 1090 g/mol. The van der Waals surface area contributed by atoms with Crippen LogP contribution in [0.3, 0.4) is 0 Å². The van der Waals surface area contributed by atoms with E-state index in [1.54, 1.807) is 0 Å². The molecule has 0 aromatic heterocycles. The Morgan fingerprint density at radius 3 is 0.974 bits per heavy atom. The largest absolute Gasteiger partial charge is 0.466 e. The highest BCUT2D eigenvalue weighted by molar-refractivity contribution is 5.69. The van der Waals surface area contributed by atoms with Crippen LogP contribution in [0.25, 0.3) is 0 Å². The number of hydrogen-bond donors (Lipinski definition) is 1. The molecular weight excluding hydrogens is 963 g/mol. The quantitative estimate of drug-likeness (QED) is 0.0359. The van der Waals surface area contributed by atoms with Gasteiger partial charge in [-0.2, -0.15) is 0 Å². The molecule has 0 aliphatic carbocycles. The average Bonchev–Trinajstić information content (AvgIpc) is 3.43. The summed E-state index contributed by atoms with van der Waals surface area (Å²) in [6.45, 7) is 16.6. The van der Waals surface area contributed by atoms with E-state index in [1.165, 1.54) is 225 Å². The Hall–Kier alpha value is -1.30. The second-order valence-corrected chi connectivity index (χ2v) is 23.6. The summed E-state index contributed by atoms with van der Waals surface area (Å²) >= 11 is 0. The molecule has 1 saturated heterocycles. The minimum atomic E-state index is -0.318. The fraction of sp³-hybridized carbons (Fsp3) is 0.970. The van der Waals surface area contributed by atoms with Crippen LogP contribution >= 0.6 is 0 Å². The van der Waals surface area contributed by atoms with Gasteiger partial charge in [0.15, 0.2) is 12.6 Å². The summed E-state index contributed by atoms with van der Waals surface area (Å²) in [5, 5.41) is 9.45. The summed E-state index contributed by atoms with van der Waals surface area (Å²) < 4.78 is 36.0. The number of likely N-dealkylation sites (tertiary alicyclic amines) is 1. The Labute approximate surface area is 477 Å². The topological polar surface area (TPSA) is 113 Å². The molecule has 1 N–H and O–H groups in total. The number of esters is 2. The number of unbranched alkanes of at least 4 members (excludes halogenated alkanes) is 33. The van der Waals surface area contributed by atoms with Crippen LogP contribution in [-0.2, 0) is 38.0 Å². The summed E-state index contributed by atoms with van der Waals surface area (Å²) in [7, 11) is 0. The maximum Gasteiger partial charge on any atom is 0.305 e. The first kappa shape index (κ1) is 73.7. The highest BCUT2D eigenvalue weighted by atomic mass is 16.7. The van der Waals surface area contributed by atoms with Gasteiger partial charge in [-0.05, 0) is 89.0 Å². The van der Waals surface area contributed by atoms with Crippen LogP contribution < -0.4 is 0 Å². The zero-order valence-corrected chi connectivity index (χ0v) is 51.8. The van der Waals surface area contributed by atoms with Crippen LogP contribution in [0.15, 0.2) is 0 Å². The van der Waals surface area contributed by atoms with Gasteiger partial charge in [0.2, 0.25) is 0 Å². The van der Waals surface area contributed by atoms with Crippen LogP contribution in [0.4, 0.5) is 0 Å². The van der Waals surface area contributed by atoms with E-state index in [0.29, 0.717) is 65.3 Å². The number of aliphatic hydroxyl groups excluding tert-OH is 1. The highest BCUT2D eigenvalue weighted by Gasteiger charge is 2.26. The lowest BCUT2D eigenvalue weighted by molar-refractivity contribution is -0.159. The molecular formula is C67H131NO9. The molecule has 0 spiro atoms. The van der Waals surface area contributed by atoms with E-state index in [9.17, 15) is 14.7 Å². The summed E-state index contributed by atoms with van der Waals surface area (Å²) in [5.74, 6) is 1.25. The van der Waals surface area contributed by atoms with E-state index in [2.05, 4.69) is 32.6 Å². The van der Waals surface area contributed by atoms with Crippen molar-refractivity contribution in [2.45, 2.75) is 342 Å². The molecule has 1 heterocycles. The normalized spacial score (nSPS) is 15.1. The first-order valence-electron chi connectivity index (χ1n) is 34.1. The summed E-state index contributed by atoms with van der Waals surface area (Å²) in [6, 6.07) is 0. The van der Waals surface area contributed by atoms with Gasteiger partial charge in [0.05, 0.1) is 26.1 Å². The minimum Gasteiger partial charge on any atom is -0.466 e. The maximum absolute atomic E-state index is 12.7. The van der Waals surface area contributed by atoms with Crippen molar-refractivity contribution in [3.05, 3.63) is 0 Å².